The van der Waals surface area contributed by atoms with Gasteiger partial charge >= 0.3 is 0 Å². The van der Waals surface area contributed by atoms with E-state index in [9.17, 15) is 0 Å². The molecule has 3 N–H and O–H groups in total. The number of nitrogens with two attached hydrogens (primary N) is 1. The monoisotopic (exact) mass is 200 g/mol. The third-order valence-electron chi connectivity index (χ3n) is 3.54. The molecule has 1 atom stereocenters. The number of rotatable bonds is 2. The van der Waals surface area contributed by atoms with E-state index in [0.717, 1.165) is 13.0 Å². The van der Waals surface area contributed by atoms with Gasteiger partial charge in [-0.15, -0.1) is 0 Å². The highest BCUT2D eigenvalue weighted by atomic mass is 14.7. The van der Waals surface area contributed by atoms with Crippen LogP contribution in [0.1, 0.15) is 29.9 Å². The summed E-state index contributed by atoms with van der Waals surface area (Å²) in [5, 5.41) is 1.46. The number of benzene rings is 1. The van der Waals surface area contributed by atoms with Gasteiger partial charge in [-0.25, -0.2) is 0 Å². The first-order valence-electron chi connectivity index (χ1n) is 5.69. The van der Waals surface area contributed by atoms with Crippen LogP contribution in [0.15, 0.2) is 24.4 Å². The molecule has 1 aromatic heterocycles. The van der Waals surface area contributed by atoms with Crippen LogP contribution in [-0.2, 0) is 6.42 Å². The van der Waals surface area contributed by atoms with Crippen molar-refractivity contribution in [1.29, 1.82) is 0 Å². The molecule has 1 aromatic carbocycles. The Morgan fingerprint density at radius 3 is 3.20 bits per heavy atom. The van der Waals surface area contributed by atoms with E-state index in [0.29, 0.717) is 5.92 Å². The first kappa shape index (κ1) is 8.98. The van der Waals surface area contributed by atoms with Crippen molar-refractivity contribution in [1.82, 2.24) is 4.98 Å². The molecule has 0 fully saturated rings. The Hall–Kier alpha value is -1.28. The Kier molecular flexibility index (Phi) is 2.03. The number of hydrogen-bond donors (Lipinski definition) is 2. The van der Waals surface area contributed by atoms with E-state index >= 15 is 0 Å². The van der Waals surface area contributed by atoms with Gasteiger partial charge < -0.3 is 10.7 Å². The minimum Gasteiger partial charge on any atom is -0.361 e. The Morgan fingerprint density at radius 1 is 1.40 bits per heavy atom. The summed E-state index contributed by atoms with van der Waals surface area (Å²) < 4.78 is 0. The highest BCUT2D eigenvalue weighted by Gasteiger charge is 2.21. The second-order valence-corrected chi connectivity index (χ2v) is 4.40. The van der Waals surface area contributed by atoms with Crippen LogP contribution in [0.5, 0.6) is 0 Å². The molecule has 1 heterocycles. The summed E-state index contributed by atoms with van der Waals surface area (Å²) in [4.78, 5) is 3.37. The minimum atomic E-state index is 0.665. The number of hydrogen-bond acceptors (Lipinski definition) is 1. The highest BCUT2D eigenvalue weighted by molar-refractivity contribution is 5.88. The van der Waals surface area contributed by atoms with Crippen molar-refractivity contribution < 1.29 is 0 Å². The standard InChI is InChI=1S/C13H16N2/c14-7-6-9-4-5-10-2-1-3-12-13(10)11(9)8-15-12/h1-3,8-9,15H,4-7,14H2. The minimum absolute atomic E-state index is 0.665. The largest absolute Gasteiger partial charge is 0.361 e. The second kappa shape index (κ2) is 3.38. The van der Waals surface area contributed by atoms with Crippen molar-refractivity contribution in [3.8, 4) is 0 Å². The van der Waals surface area contributed by atoms with E-state index in [1.54, 1.807) is 0 Å². The summed E-state index contributed by atoms with van der Waals surface area (Å²) in [5.41, 5.74) is 9.93. The topological polar surface area (TPSA) is 41.8 Å². The summed E-state index contributed by atoms with van der Waals surface area (Å²) in [5.74, 6) is 0.665. The van der Waals surface area contributed by atoms with E-state index in [2.05, 4.69) is 29.4 Å². The molecule has 0 bridgehead atoms. The van der Waals surface area contributed by atoms with Gasteiger partial charge in [-0.2, -0.15) is 0 Å². The molecule has 3 rings (SSSR count). The molecular weight excluding hydrogens is 184 g/mol. The van der Waals surface area contributed by atoms with Gasteiger partial charge in [-0.1, -0.05) is 12.1 Å². The maximum absolute atomic E-state index is 5.67. The molecule has 0 radical (unpaired) electrons. The van der Waals surface area contributed by atoms with Gasteiger partial charge in [-0.05, 0) is 48.9 Å². The summed E-state index contributed by atoms with van der Waals surface area (Å²) in [7, 11) is 0. The average molecular weight is 200 g/mol. The molecule has 78 valence electrons. The van der Waals surface area contributed by atoms with Gasteiger partial charge in [0.25, 0.3) is 0 Å². The maximum atomic E-state index is 5.67. The van der Waals surface area contributed by atoms with Gasteiger partial charge in [0, 0.05) is 17.1 Å². The van der Waals surface area contributed by atoms with Crippen LogP contribution in [0, 0.1) is 0 Å². The fourth-order valence-electron chi connectivity index (χ4n) is 2.81. The van der Waals surface area contributed by atoms with Gasteiger partial charge in [0.15, 0.2) is 0 Å². The van der Waals surface area contributed by atoms with Crippen LogP contribution in [-0.4, -0.2) is 11.5 Å². The van der Waals surface area contributed by atoms with E-state index in [1.807, 2.05) is 0 Å². The predicted molar refractivity (Wildman–Crippen MR) is 63.0 cm³/mol. The summed E-state index contributed by atoms with van der Waals surface area (Å²) in [6, 6.07) is 6.55. The van der Waals surface area contributed by atoms with Crippen LogP contribution in [0.3, 0.4) is 0 Å². The third kappa shape index (κ3) is 1.29. The fourth-order valence-corrected chi connectivity index (χ4v) is 2.81. The first-order chi connectivity index (χ1) is 7.40. The number of aromatic nitrogens is 1. The summed E-state index contributed by atoms with van der Waals surface area (Å²) in [6.07, 6.45) is 5.74. The van der Waals surface area contributed by atoms with Crippen LogP contribution < -0.4 is 5.73 Å². The molecule has 15 heavy (non-hydrogen) atoms. The van der Waals surface area contributed by atoms with Crippen molar-refractivity contribution in [3.05, 3.63) is 35.5 Å². The lowest BCUT2D eigenvalue weighted by Gasteiger charge is -2.21. The normalized spacial score (nSPS) is 19.7. The van der Waals surface area contributed by atoms with Crippen molar-refractivity contribution in [2.45, 2.75) is 25.2 Å². The van der Waals surface area contributed by atoms with Crippen LogP contribution in [0.4, 0.5) is 0 Å². The second-order valence-electron chi connectivity index (χ2n) is 4.40. The predicted octanol–water partition coefficient (Wildman–Crippen LogP) is 2.55. The van der Waals surface area contributed by atoms with E-state index in [-0.39, 0.29) is 0 Å². The van der Waals surface area contributed by atoms with Crippen molar-refractivity contribution in [2.75, 3.05) is 6.54 Å². The molecule has 2 heteroatoms. The molecule has 0 amide bonds. The highest BCUT2D eigenvalue weighted by Crippen LogP contribution is 2.37. The van der Waals surface area contributed by atoms with Crippen molar-refractivity contribution in [2.24, 2.45) is 5.73 Å². The fraction of sp³-hybridized carbons (Fsp3) is 0.385. The van der Waals surface area contributed by atoms with E-state index in [1.165, 1.54) is 34.9 Å². The van der Waals surface area contributed by atoms with Crippen LogP contribution in [0.25, 0.3) is 10.9 Å². The van der Waals surface area contributed by atoms with Gasteiger partial charge in [-0.3, -0.25) is 0 Å². The summed E-state index contributed by atoms with van der Waals surface area (Å²) >= 11 is 0. The molecule has 2 nitrogen and oxygen atoms in total. The lowest BCUT2D eigenvalue weighted by atomic mass is 9.83. The molecule has 2 aromatic rings. The third-order valence-corrected chi connectivity index (χ3v) is 3.54. The average Bonchev–Trinajstić information content (AvgIpc) is 2.69. The summed E-state index contributed by atoms with van der Waals surface area (Å²) in [6.45, 7) is 0.791. The van der Waals surface area contributed by atoms with Crippen molar-refractivity contribution in [3.63, 3.8) is 0 Å². The number of aromatic amines is 1. The first-order valence-corrected chi connectivity index (χ1v) is 5.69. The molecule has 0 aliphatic heterocycles. The Bertz CT molecular complexity index is 484. The zero-order valence-electron chi connectivity index (χ0n) is 8.79. The molecule has 0 saturated carbocycles. The number of aryl methyl sites for hydroxylation is 1. The van der Waals surface area contributed by atoms with E-state index < -0.39 is 0 Å². The maximum Gasteiger partial charge on any atom is 0.0459 e. The molecule has 1 aliphatic rings. The zero-order valence-corrected chi connectivity index (χ0v) is 8.79. The SMILES string of the molecule is NCCC1CCc2cccc3[nH]cc1c23. The Morgan fingerprint density at radius 2 is 2.33 bits per heavy atom. The molecular formula is C13H16N2. The van der Waals surface area contributed by atoms with Gasteiger partial charge in [0.2, 0.25) is 0 Å². The lowest BCUT2D eigenvalue weighted by molar-refractivity contribution is 0.578. The van der Waals surface area contributed by atoms with Crippen LogP contribution >= 0.6 is 0 Å². The molecule has 0 spiro atoms. The Balaban J connectivity index is 2.18. The van der Waals surface area contributed by atoms with Gasteiger partial charge in [0.05, 0.1) is 0 Å². The number of H-pyrrole nitrogens is 1. The lowest BCUT2D eigenvalue weighted by Crippen LogP contribution is -2.11. The molecule has 1 aliphatic carbocycles. The number of nitrogens with one attached hydrogen (secondary N) is 1. The Labute approximate surface area is 89.5 Å². The molecule has 0 saturated heterocycles. The van der Waals surface area contributed by atoms with Crippen molar-refractivity contribution >= 4 is 10.9 Å². The molecule has 1 unspecified atom stereocenters. The van der Waals surface area contributed by atoms with Crippen LogP contribution in [0.2, 0.25) is 0 Å². The van der Waals surface area contributed by atoms with Gasteiger partial charge in [0.1, 0.15) is 0 Å². The van der Waals surface area contributed by atoms with E-state index in [4.69, 9.17) is 5.73 Å². The zero-order chi connectivity index (χ0) is 10.3. The smallest absolute Gasteiger partial charge is 0.0459 e. The quantitative estimate of drug-likeness (QED) is 0.768.